The van der Waals surface area contributed by atoms with E-state index in [4.69, 9.17) is 5.73 Å². The van der Waals surface area contributed by atoms with Gasteiger partial charge in [-0.2, -0.15) is 0 Å². The molecule has 0 radical (unpaired) electrons. The van der Waals surface area contributed by atoms with Gasteiger partial charge in [0, 0.05) is 23.9 Å². The molecule has 3 aliphatic heterocycles. The molecule has 0 saturated carbocycles. The molecule has 6 nitrogen and oxygen atoms in total. The molecule has 1 unspecified atom stereocenters. The van der Waals surface area contributed by atoms with Gasteiger partial charge in [-0.25, -0.2) is 4.98 Å². The van der Waals surface area contributed by atoms with Gasteiger partial charge in [-0.05, 0) is 54.8 Å². The summed E-state index contributed by atoms with van der Waals surface area (Å²) in [6, 6.07) is 11.0. The van der Waals surface area contributed by atoms with Gasteiger partial charge in [0.05, 0.1) is 12.6 Å². The molecule has 1 amide bonds. The average molecular weight is 387 g/mol. The number of aliphatic imine (C=N–C) groups is 1. The van der Waals surface area contributed by atoms with E-state index in [0.29, 0.717) is 12.3 Å². The lowest BCUT2D eigenvalue weighted by atomic mass is 9.96. The highest BCUT2D eigenvalue weighted by Gasteiger charge is 2.31. The number of primary amides is 1. The van der Waals surface area contributed by atoms with Crippen molar-refractivity contribution in [2.45, 2.75) is 31.8 Å². The summed E-state index contributed by atoms with van der Waals surface area (Å²) in [7, 11) is 0. The van der Waals surface area contributed by atoms with E-state index >= 15 is 0 Å². The number of hydrogen-bond acceptors (Lipinski definition) is 5. The van der Waals surface area contributed by atoms with Gasteiger partial charge in [0.1, 0.15) is 11.5 Å². The third kappa shape index (κ3) is 3.56. The lowest BCUT2D eigenvalue weighted by Crippen LogP contribution is -2.29. The van der Waals surface area contributed by atoms with Crippen LogP contribution in [0.15, 0.2) is 47.6 Å². The highest BCUT2D eigenvalue weighted by Crippen LogP contribution is 2.37. The van der Waals surface area contributed by atoms with Crippen LogP contribution in [0.25, 0.3) is 16.7 Å². The first kappa shape index (κ1) is 18.1. The largest absolute Gasteiger partial charge is 0.364 e. The third-order valence-electron chi connectivity index (χ3n) is 6.02. The predicted octanol–water partition coefficient (Wildman–Crippen LogP) is 2.85. The van der Waals surface area contributed by atoms with E-state index in [9.17, 15) is 4.79 Å². The number of benzene rings is 1. The van der Waals surface area contributed by atoms with Crippen molar-refractivity contribution in [3.05, 3.63) is 53.7 Å². The Morgan fingerprint density at radius 3 is 2.69 bits per heavy atom. The summed E-state index contributed by atoms with van der Waals surface area (Å²) in [6.07, 6.45) is 7.68. The zero-order valence-electron chi connectivity index (χ0n) is 16.4. The van der Waals surface area contributed by atoms with Gasteiger partial charge < -0.3 is 11.1 Å². The third-order valence-corrected chi connectivity index (χ3v) is 6.02. The molecule has 1 atom stereocenters. The Morgan fingerprint density at radius 2 is 1.93 bits per heavy atom. The fourth-order valence-corrected chi connectivity index (χ4v) is 4.42. The second kappa shape index (κ2) is 7.44. The Hall–Kier alpha value is -2.99. The van der Waals surface area contributed by atoms with Crippen molar-refractivity contribution in [3.8, 4) is 11.1 Å². The van der Waals surface area contributed by atoms with Crippen LogP contribution in [0.2, 0.25) is 0 Å². The van der Waals surface area contributed by atoms with Crippen molar-refractivity contribution in [3.63, 3.8) is 0 Å². The molecule has 1 saturated heterocycles. The Balaban J connectivity index is 1.38. The van der Waals surface area contributed by atoms with Crippen LogP contribution < -0.4 is 11.1 Å². The van der Waals surface area contributed by atoms with Crippen molar-refractivity contribution in [2.75, 3.05) is 25.0 Å². The van der Waals surface area contributed by atoms with Crippen molar-refractivity contribution >= 4 is 23.0 Å². The molecule has 0 spiro atoms. The van der Waals surface area contributed by atoms with Crippen LogP contribution in [-0.2, 0) is 11.3 Å². The Morgan fingerprint density at radius 1 is 1.14 bits per heavy atom. The van der Waals surface area contributed by atoms with Crippen LogP contribution in [0.3, 0.4) is 0 Å². The number of carbonyl (C=O) groups is 1. The monoisotopic (exact) mass is 387 g/mol. The van der Waals surface area contributed by atoms with E-state index in [1.54, 1.807) is 6.08 Å². The van der Waals surface area contributed by atoms with E-state index < -0.39 is 5.91 Å². The summed E-state index contributed by atoms with van der Waals surface area (Å²) in [5.41, 5.74) is 11.4. The molecule has 4 heterocycles. The first-order valence-corrected chi connectivity index (χ1v) is 10.3. The summed E-state index contributed by atoms with van der Waals surface area (Å²) >= 11 is 0. The summed E-state index contributed by atoms with van der Waals surface area (Å²) in [6.45, 7) is 3.93. The van der Waals surface area contributed by atoms with Gasteiger partial charge in [-0.3, -0.25) is 14.7 Å². The normalized spacial score (nSPS) is 20.9. The summed E-state index contributed by atoms with van der Waals surface area (Å²) in [4.78, 5) is 22.9. The number of piperidine rings is 1. The van der Waals surface area contributed by atoms with E-state index in [1.165, 1.54) is 37.9 Å². The van der Waals surface area contributed by atoms with Crippen LogP contribution in [0, 0.1) is 0 Å². The van der Waals surface area contributed by atoms with Gasteiger partial charge in [-0.1, -0.05) is 30.7 Å². The number of rotatable bonds is 4. The molecule has 6 heteroatoms. The van der Waals surface area contributed by atoms with E-state index in [-0.39, 0.29) is 6.04 Å². The number of dihydropyridines is 1. The van der Waals surface area contributed by atoms with Crippen molar-refractivity contribution in [2.24, 2.45) is 10.7 Å². The topological polar surface area (TPSA) is 83.6 Å². The molecule has 148 valence electrons. The summed E-state index contributed by atoms with van der Waals surface area (Å²) in [5.74, 6) is 0.352. The summed E-state index contributed by atoms with van der Waals surface area (Å²) in [5, 5.41) is 3.39. The molecular formula is C23H25N5O. The second-order valence-corrected chi connectivity index (χ2v) is 8.04. The molecule has 5 rings (SSSR count). The van der Waals surface area contributed by atoms with Gasteiger partial charge in [-0.15, -0.1) is 0 Å². The van der Waals surface area contributed by atoms with E-state index in [2.05, 4.69) is 50.5 Å². The molecule has 3 N–H and O–H groups in total. The number of likely N-dealkylation sites (tertiary alicyclic amines) is 1. The first-order chi connectivity index (χ1) is 14.2. The number of nitrogens with zero attached hydrogens (tertiary/aromatic N) is 3. The second-order valence-electron chi connectivity index (χ2n) is 8.04. The molecule has 1 aromatic carbocycles. The maximum atomic E-state index is 11.5. The van der Waals surface area contributed by atoms with Gasteiger partial charge in [0.25, 0.3) is 5.91 Å². The number of pyridine rings is 1. The number of nitrogens with two attached hydrogens (primary N) is 1. The smallest absolute Gasteiger partial charge is 0.266 e. The molecule has 0 aliphatic carbocycles. The molecule has 29 heavy (non-hydrogen) atoms. The molecule has 0 bridgehead atoms. The summed E-state index contributed by atoms with van der Waals surface area (Å²) < 4.78 is 0. The zero-order chi connectivity index (χ0) is 19.8. The zero-order valence-corrected chi connectivity index (χ0v) is 16.4. The first-order valence-electron chi connectivity index (χ1n) is 10.3. The van der Waals surface area contributed by atoms with Gasteiger partial charge in [0.15, 0.2) is 0 Å². The van der Waals surface area contributed by atoms with E-state index in [1.807, 2.05) is 6.20 Å². The molecule has 3 aliphatic rings. The SMILES string of the molecule is NC(=O)C1=NCC2Nc3ncc(-c4ccc(CN5CCCCC5)cc4)cc3C2=C1. The van der Waals surface area contributed by atoms with Crippen molar-refractivity contribution < 1.29 is 4.79 Å². The lowest BCUT2D eigenvalue weighted by Gasteiger charge is -2.26. The molecule has 2 aromatic rings. The maximum absolute atomic E-state index is 11.5. The van der Waals surface area contributed by atoms with Crippen LogP contribution in [0.4, 0.5) is 5.82 Å². The number of anilines is 1. The van der Waals surface area contributed by atoms with E-state index in [0.717, 1.165) is 34.6 Å². The Kier molecular flexibility index (Phi) is 4.64. The van der Waals surface area contributed by atoms with Crippen LogP contribution >= 0.6 is 0 Å². The lowest BCUT2D eigenvalue weighted by molar-refractivity contribution is -0.111. The standard InChI is InChI=1S/C23H25N5O/c24-22(29)20-11-18-19-10-17(12-26-23(19)27-21(18)13-25-20)16-6-4-15(5-7-16)14-28-8-2-1-3-9-28/h4-7,10-12,21H,1-3,8-9,13-14H2,(H2,24,29)(H,26,27). The quantitative estimate of drug-likeness (QED) is 0.845. The highest BCUT2D eigenvalue weighted by atomic mass is 16.1. The van der Waals surface area contributed by atoms with Crippen molar-refractivity contribution in [1.29, 1.82) is 0 Å². The number of carbonyl (C=O) groups excluding carboxylic acids is 1. The maximum Gasteiger partial charge on any atom is 0.266 e. The fraction of sp³-hybridized carbons (Fsp3) is 0.348. The number of hydrogen-bond donors (Lipinski definition) is 2. The molecule has 1 aromatic heterocycles. The van der Waals surface area contributed by atoms with Crippen molar-refractivity contribution in [1.82, 2.24) is 9.88 Å². The minimum Gasteiger partial charge on any atom is -0.364 e. The van der Waals surface area contributed by atoms with Crippen LogP contribution in [-0.4, -0.2) is 47.2 Å². The number of fused-ring (bicyclic) bond motifs is 3. The highest BCUT2D eigenvalue weighted by molar-refractivity contribution is 6.44. The average Bonchev–Trinajstić information content (AvgIpc) is 3.12. The molecule has 1 fully saturated rings. The Bertz CT molecular complexity index is 1000. The van der Waals surface area contributed by atoms with Crippen LogP contribution in [0.1, 0.15) is 30.4 Å². The fourth-order valence-electron chi connectivity index (χ4n) is 4.42. The Labute approximate surface area is 170 Å². The molecular weight excluding hydrogens is 362 g/mol. The van der Waals surface area contributed by atoms with Crippen LogP contribution in [0.5, 0.6) is 0 Å². The number of aromatic nitrogens is 1. The minimum absolute atomic E-state index is 0.0581. The number of nitrogens with one attached hydrogen (secondary N) is 1. The predicted molar refractivity (Wildman–Crippen MR) is 116 cm³/mol. The number of amides is 1. The van der Waals surface area contributed by atoms with Gasteiger partial charge >= 0.3 is 0 Å². The minimum atomic E-state index is -0.488. The van der Waals surface area contributed by atoms with Gasteiger partial charge in [0.2, 0.25) is 0 Å².